The molecule has 0 saturated heterocycles. The van der Waals surface area contributed by atoms with Gasteiger partial charge in [0.15, 0.2) is 0 Å². The number of nitrogens with one attached hydrogen (secondary N) is 1. The van der Waals surface area contributed by atoms with Gasteiger partial charge in [-0.15, -0.1) is 0 Å². The van der Waals surface area contributed by atoms with Gasteiger partial charge < -0.3 is 19.6 Å². The van der Waals surface area contributed by atoms with Crippen molar-refractivity contribution < 1.29 is 19.1 Å². The van der Waals surface area contributed by atoms with Crippen LogP contribution in [0.2, 0.25) is 0 Å². The number of carboxylic acid groups (broad SMARTS) is 1. The molecule has 0 fully saturated rings. The molecule has 1 aromatic heterocycles. The Kier molecular flexibility index (Phi) is 5.34. The molecule has 0 aliphatic heterocycles. The number of aromatic carboxylic acids is 1. The van der Waals surface area contributed by atoms with E-state index in [0.29, 0.717) is 31.3 Å². The lowest BCUT2D eigenvalue weighted by molar-refractivity contribution is 0.0696. The second-order valence-corrected chi connectivity index (χ2v) is 4.43. The second-order valence-electron chi connectivity index (χ2n) is 4.43. The number of carbonyl (C=O) groups is 1. The van der Waals surface area contributed by atoms with Crippen molar-refractivity contribution in [1.82, 2.24) is 10.3 Å². The molecule has 2 rings (SSSR count). The molecule has 21 heavy (non-hydrogen) atoms. The van der Waals surface area contributed by atoms with Crippen LogP contribution in [0, 0.1) is 0 Å². The summed E-state index contributed by atoms with van der Waals surface area (Å²) in [5, 5.41) is 12.0. The molecule has 6 heteroatoms. The topological polar surface area (TPSA) is 84.6 Å². The van der Waals surface area contributed by atoms with Crippen molar-refractivity contribution >= 4 is 5.97 Å². The van der Waals surface area contributed by atoms with Crippen LogP contribution in [0.1, 0.15) is 28.9 Å². The van der Waals surface area contributed by atoms with Crippen LogP contribution in [0.3, 0.4) is 0 Å². The highest BCUT2D eigenvalue weighted by atomic mass is 16.5. The number of nitrogens with zero attached hydrogens (tertiary/aromatic N) is 1. The third-order valence-corrected chi connectivity index (χ3v) is 2.85. The second kappa shape index (κ2) is 7.44. The Bertz CT molecular complexity index is 595. The van der Waals surface area contributed by atoms with Gasteiger partial charge >= 0.3 is 5.97 Å². The van der Waals surface area contributed by atoms with Crippen molar-refractivity contribution in [2.24, 2.45) is 0 Å². The standard InChI is InChI=1S/C15H18N2O4/c1-2-12-9-17-14(21-12)10-16-6-7-20-13-5-3-4-11(8-13)15(18)19/h3-5,8-9,16H,2,6-7,10H2,1H3,(H,18,19). The van der Waals surface area contributed by atoms with E-state index >= 15 is 0 Å². The van der Waals surface area contributed by atoms with E-state index in [4.69, 9.17) is 14.3 Å². The SMILES string of the molecule is CCc1cnc(CNCCOc2cccc(C(=O)O)c2)o1. The zero-order valence-corrected chi connectivity index (χ0v) is 11.8. The van der Waals surface area contributed by atoms with Crippen molar-refractivity contribution in [3.8, 4) is 5.75 Å². The summed E-state index contributed by atoms with van der Waals surface area (Å²) in [6.45, 7) is 3.60. The summed E-state index contributed by atoms with van der Waals surface area (Å²) in [6, 6.07) is 6.42. The van der Waals surface area contributed by atoms with Crippen LogP contribution in [0.4, 0.5) is 0 Å². The lowest BCUT2D eigenvalue weighted by atomic mass is 10.2. The van der Waals surface area contributed by atoms with Crippen LogP contribution in [0.15, 0.2) is 34.9 Å². The van der Waals surface area contributed by atoms with Gasteiger partial charge in [0.25, 0.3) is 0 Å². The number of ether oxygens (including phenoxy) is 1. The smallest absolute Gasteiger partial charge is 0.335 e. The van der Waals surface area contributed by atoms with E-state index in [0.717, 1.165) is 12.2 Å². The lowest BCUT2D eigenvalue weighted by Crippen LogP contribution is -2.20. The molecular formula is C15H18N2O4. The molecule has 1 aromatic carbocycles. The fraction of sp³-hybridized carbons (Fsp3) is 0.333. The van der Waals surface area contributed by atoms with Gasteiger partial charge in [0.1, 0.15) is 18.1 Å². The van der Waals surface area contributed by atoms with Crippen molar-refractivity contribution in [1.29, 1.82) is 0 Å². The van der Waals surface area contributed by atoms with Gasteiger partial charge in [-0.3, -0.25) is 0 Å². The minimum Gasteiger partial charge on any atom is -0.492 e. The van der Waals surface area contributed by atoms with Gasteiger partial charge in [-0.1, -0.05) is 13.0 Å². The van der Waals surface area contributed by atoms with Crippen LogP contribution in [0.5, 0.6) is 5.75 Å². The normalized spacial score (nSPS) is 10.5. The molecule has 0 amide bonds. The molecular weight excluding hydrogens is 272 g/mol. The molecule has 112 valence electrons. The molecule has 0 bridgehead atoms. The minimum atomic E-state index is -0.964. The van der Waals surface area contributed by atoms with Crippen LogP contribution >= 0.6 is 0 Å². The van der Waals surface area contributed by atoms with Gasteiger partial charge in [-0.25, -0.2) is 9.78 Å². The zero-order valence-electron chi connectivity index (χ0n) is 11.8. The summed E-state index contributed by atoms with van der Waals surface area (Å²) in [6.07, 6.45) is 2.56. The Morgan fingerprint density at radius 1 is 1.48 bits per heavy atom. The fourth-order valence-corrected chi connectivity index (χ4v) is 1.75. The Balaban J connectivity index is 1.70. The van der Waals surface area contributed by atoms with Crippen LogP contribution < -0.4 is 10.1 Å². The summed E-state index contributed by atoms with van der Waals surface area (Å²) in [4.78, 5) is 15.0. The maximum Gasteiger partial charge on any atom is 0.335 e. The highest BCUT2D eigenvalue weighted by Gasteiger charge is 2.04. The first kappa shape index (κ1) is 15.1. The van der Waals surface area contributed by atoms with E-state index < -0.39 is 5.97 Å². The average molecular weight is 290 g/mol. The number of hydrogen-bond acceptors (Lipinski definition) is 5. The van der Waals surface area contributed by atoms with Crippen LogP contribution in [-0.2, 0) is 13.0 Å². The maximum atomic E-state index is 10.8. The average Bonchev–Trinajstić information content (AvgIpc) is 2.95. The monoisotopic (exact) mass is 290 g/mol. The highest BCUT2D eigenvalue weighted by molar-refractivity contribution is 5.87. The number of hydrogen-bond donors (Lipinski definition) is 2. The molecule has 1 heterocycles. The summed E-state index contributed by atoms with van der Waals surface area (Å²) < 4.78 is 10.9. The first-order valence-electron chi connectivity index (χ1n) is 6.79. The maximum absolute atomic E-state index is 10.8. The lowest BCUT2D eigenvalue weighted by Gasteiger charge is -2.07. The zero-order chi connectivity index (χ0) is 15.1. The molecule has 0 spiro atoms. The molecule has 6 nitrogen and oxygen atoms in total. The van der Waals surface area contributed by atoms with Gasteiger partial charge in [0.2, 0.25) is 5.89 Å². The van der Waals surface area contributed by atoms with E-state index in [-0.39, 0.29) is 5.56 Å². The number of carboxylic acids is 1. The summed E-state index contributed by atoms with van der Waals surface area (Å²) in [5.41, 5.74) is 0.215. The number of oxazole rings is 1. The van der Waals surface area contributed by atoms with E-state index in [1.54, 1.807) is 18.3 Å². The van der Waals surface area contributed by atoms with Gasteiger partial charge in [-0.05, 0) is 18.2 Å². The quantitative estimate of drug-likeness (QED) is 0.724. The van der Waals surface area contributed by atoms with Crippen molar-refractivity contribution in [3.63, 3.8) is 0 Å². The largest absolute Gasteiger partial charge is 0.492 e. The van der Waals surface area contributed by atoms with Crippen molar-refractivity contribution in [2.45, 2.75) is 19.9 Å². The number of rotatable bonds is 8. The van der Waals surface area contributed by atoms with Crippen LogP contribution in [-0.4, -0.2) is 29.2 Å². The predicted molar refractivity (Wildman–Crippen MR) is 76.5 cm³/mol. The van der Waals surface area contributed by atoms with Gasteiger partial charge in [0.05, 0.1) is 18.3 Å². The Morgan fingerprint density at radius 2 is 2.33 bits per heavy atom. The number of benzene rings is 1. The fourth-order valence-electron chi connectivity index (χ4n) is 1.75. The van der Waals surface area contributed by atoms with Crippen molar-refractivity contribution in [2.75, 3.05) is 13.2 Å². The molecule has 0 radical (unpaired) electrons. The Morgan fingerprint density at radius 3 is 3.05 bits per heavy atom. The Hall–Kier alpha value is -2.34. The third kappa shape index (κ3) is 4.61. The highest BCUT2D eigenvalue weighted by Crippen LogP contribution is 2.13. The Labute approximate surface area is 122 Å². The third-order valence-electron chi connectivity index (χ3n) is 2.85. The van der Waals surface area contributed by atoms with E-state index in [1.165, 1.54) is 12.1 Å². The van der Waals surface area contributed by atoms with E-state index in [2.05, 4.69) is 10.3 Å². The minimum absolute atomic E-state index is 0.215. The first-order valence-corrected chi connectivity index (χ1v) is 6.79. The number of aromatic nitrogens is 1. The molecule has 2 N–H and O–H groups in total. The molecule has 0 unspecified atom stereocenters. The molecule has 0 aliphatic carbocycles. The predicted octanol–water partition coefficient (Wildman–Crippen LogP) is 2.10. The van der Waals surface area contributed by atoms with Crippen LogP contribution in [0.25, 0.3) is 0 Å². The molecule has 2 aromatic rings. The first-order chi connectivity index (χ1) is 10.2. The molecule has 0 aliphatic rings. The van der Waals surface area contributed by atoms with Gasteiger partial charge in [0, 0.05) is 13.0 Å². The van der Waals surface area contributed by atoms with Crippen molar-refractivity contribution in [3.05, 3.63) is 47.7 Å². The van der Waals surface area contributed by atoms with Gasteiger partial charge in [-0.2, -0.15) is 0 Å². The van der Waals surface area contributed by atoms with E-state index in [9.17, 15) is 4.79 Å². The molecule has 0 atom stereocenters. The number of aryl methyl sites for hydroxylation is 1. The summed E-state index contributed by atoms with van der Waals surface area (Å²) in [7, 11) is 0. The summed E-state index contributed by atoms with van der Waals surface area (Å²) >= 11 is 0. The van der Waals surface area contributed by atoms with E-state index in [1.807, 2.05) is 6.92 Å². The summed E-state index contributed by atoms with van der Waals surface area (Å²) in [5.74, 6) is 1.10. The molecule has 0 saturated carbocycles.